The van der Waals surface area contributed by atoms with E-state index in [1.165, 1.54) is 30.7 Å². The van der Waals surface area contributed by atoms with Crippen LogP contribution in [0.1, 0.15) is 48.9 Å². The Morgan fingerprint density at radius 3 is 2.35 bits per heavy atom. The van der Waals surface area contributed by atoms with E-state index in [0.717, 1.165) is 25.7 Å². The molecule has 3 rings (SSSR count). The third-order valence-electron chi connectivity index (χ3n) is 5.45. The van der Waals surface area contributed by atoms with Crippen molar-refractivity contribution in [3.05, 3.63) is 35.6 Å². The maximum atomic E-state index is 12.9. The molecule has 7 heteroatoms. The highest BCUT2D eigenvalue weighted by atomic mass is 35.5. The van der Waals surface area contributed by atoms with Gasteiger partial charge in [-0.2, -0.15) is 0 Å². The van der Waals surface area contributed by atoms with Gasteiger partial charge in [-0.15, -0.1) is 12.4 Å². The summed E-state index contributed by atoms with van der Waals surface area (Å²) < 4.78 is 12.9. The molecule has 4 N–H and O–H groups in total. The Balaban J connectivity index is 0.00000243. The minimum atomic E-state index is -0.381. The third-order valence-corrected chi connectivity index (χ3v) is 5.45. The quantitative estimate of drug-likeness (QED) is 0.729. The standard InChI is InChI=1S/C19H26FN3O2.ClH/c20-15-6-4-12(5-7-15)19(25)22-9-8-17(24)23-18-13-2-1-3-14(18)11-16(21)10-13;/h4-7,13-14,16,18H,1-3,8-11,21H2,(H,22,25)(H,23,24);1H. The van der Waals surface area contributed by atoms with Crippen molar-refractivity contribution in [3.8, 4) is 0 Å². The van der Waals surface area contributed by atoms with Gasteiger partial charge in [0.25, 0.3) is 5.91 Å². The predicted molar refractivity (Wildman–Crippen MR) is 101 cm³/mol. The van der Waals surface area contributed by atoms with E-state index >= 15 is 0 Å². The van der Waals surface area contributed by atoms with Gasteiger partial charge in [-0.25, -0.2) is 4.39 Å². The average molecular weight is 384 g/mol. The summed E-state index contributed by atoms with van der Waals surface area (Å²) in [5.41, 5.74) is 6.50. The van der Waals surface area contributed by atoms with Crippen LogP contribution in [0.5, 0.6) is 0 Å². The summed E-state index contributed by atoms with van der Waals surface area (Å²) in [4.78, 5) is 24.2. The molecule has 2 aliphatic rings. The van der Waals surface area contributed by atoms with Crippen molar-refractivity contribution in [1.82, 2.24) is 10.6 Å². The second-order valence-electron chi connectivity index (χ2n) is 7.29. The molecule has 1 aromatic carbocycles. The molecule has 26 heavy (non-hydrogen) atoms. The fourth-order valence-electron chi connectivity index (χ4n) is 4.28. The van der Waals surface area contributed by atoms with E-state index in [9.17, 15) is 14.0 Å². The lowest BCUT2D eigenvalue weighted by Gasteiger charge is -2.45. The maximum absolute atomic E-state index is 12.9. The summed E-state index contributed by atoms with van der Waals surface area (Å²) in [6.45, 7) is 0.267. The molecule has 0 spiro atoms. The molecular formula is C19H27ClFN3O2. The molecule has 2 amide bonds. The number of carbonyl (C=O) groups is 2. The first-order chi connectivity index (χ1) is 12.0. The number of hydrogen-bond donors (Lipinski definition) is 3. The van der Waals surface area contributed by atoms with Crippen LogP contribution in [0.2, 0.25) is 0 Å². The lowest BCUT2D eigenvalue weighted by Crippen LogP contribution is -2.54. The Morgan fingerprint density at radius 2 is 1.73 bits per heavy atom. The summed E-state index contributed by atoms with van der Waals surface area (Å²) >= 11 is 0. The van der Waals surface area contributed by atoms with Crippen LogP contribution in [-0.2, 0) is 4.79 Å². The van der Waals surface area contributed by atoms with Gasteiger partial charge in [0.05, 0.1) is 0 Å². The highest BCUT2D eigenvalue weighted by molar-refractivity contribution is 5.94. The molecule has 0 saturated heterocycles. The van der Waals surface area contributed by atoms with E-state index in [1.54, 1.807) is 0 Å². The first-order valence-corrected chi connectivity index (χ1v) is 9.11. The Hall–Kier alpha value is -1.66. The number of rotatable bonds is 5. The predicted octanol–water partition coefficient (Wildman–Crippen LogP) is 2.39. The molecule has 2 fully saturated rings. The first-order valence-electron chi connectivity index (χ1n) is 9.11. The molecular weight excluding hydrogens is 357 g/mol. The van der Waals surface area contributed by atoms with Crippen LogP contribution in [0.25, 0.3) is 0 Å². The fourth-order valence-corrected chi connectivity index (χ4v) is 4.28. The van der Waals surface area contributed by atoms with Gasteiger partial charge in [-0.1, -0.05) is 6.42 Å². The van der Waals surface area contributed by atoms with Gasteiger partial charge in [0.15, 0.2) is 0 Å². The molecule has 2 aliphatic carbocycles. The summed E-state index contributed by atoms with van der Waals surface area (Å²) in [5, 5.41) is 5.87. The monoisotopic (exact) mass is 383 g/mol. The summed E-state index contributed by atoms with van der Waals surface area (Å²) in [6, 6.07) is 5.84. The van der Waals surface area contributed by atoms with Crippen molar-refractivity contribution < 1.29 is 14.0 Å². The van der Waals surface area contributed by atoms with Gasteiger partial charge in [0.1, 0.15) is 5.82 Å². The van der Waals surface area contributed by atoms with Crippen LogP contribution in [0.4, 0.5) is 4.39 Å². The lowest BCUT2D eigenvalue weighted by atomic mass is 9.67. The topological polar surface area (TPSA) is 84.2 Å². The number of carbonyl (C=O) groups excluding carboxylic acids is 2. The van der Waals surface area contributed by atoms with Crippen molar-refractivity contribution in [3.63, 3.8) is 0 Å². The second-order valence-corrected chi connectivity index (χ2v) is 7.29. The van der Waals surface area contributed by atoms with E-state index < -0.39 is 0 Å². The molecule has 5 nitrogen and oxygen atoms in total. The zero-order valence-corrected chi connectivity index (χ0v) is 15.6. The Labute approximate surface area is 159 Å². The molecule has 0 heterocycles. The molecule has 0 radical (unpaired) electrons. The van der Waals surface area contributed by atoms with Crippen molar-refractivity contribution >= 4 is 24.2 Å². The van der Waals surface area contributed by atoms with Crippen molar-refractivity contribution in [2.45, 2.75) is 50.6 Å². The van der Waals surface area contributed by atoms with Crippen LogP contribution < -0.4 is 16.4 Å². The van der Waals surface area contributed by atoms with E-state index in [2.05, 4.69) is 10.6 Å². The molecule has 0 aliphatic heterocycles. The molecule has 2 unspecified atom stereocenters. The lowest BCUT2D eigenvalue weighted by molar-refractivity contribution is -0.123. The first kappa shape index (κ1) is 20.6. The highest BCUT2D eigenvalue weighted by Gasteiger charge is 2.39. The van der Waals surface area contributed by atoms with Crippen LogP contribution in [0, 0.1) is 17.7 Å². The van der Waals surface area contributed by atoms with Gasteiger partial charge in [0.2, 0.25) is 5.91 Å². The van der Waals surface area contributed by atoms with E-state index in [-0.39, 0.29) is 55.1 Å². The SMILES string of the molecule is Cl.NC1CC2CCCC(C1)C2NC(=O)CCNC(=O)c1ccc(F)cc1. The van der Waals surface area contributed by atoms with Crippen molar-refractivity contribution in [2.24, 2.45) is 17.6 Å². The number of halogens is 2. The minimum absolute atomic E-state index is 0. The highest BCUT2D eigenvalue weighted by Crippen LogP contribution is 2.39. The molecule has 2 bridgehead atoms. The molecule has 2 saturated carbocycles. The van der Waals surface area contributed by atoms with E-state index in [0.29, 0.717) is 17.4 Å². The Bertz CT molecular complexity index is 612. The zero-order chi connectivity index (χ0) is 17.8. The Morgan fingerprint density at radius 1 is 1.12 bits per heavy atom. The molecule has 1 aromatic rings. The normalized spacial score (nSPS) is 27.2. The number of benzene rings is 1. The fraction of sp³-hybridized carbons (Fsp3) is 0.579. The number of nitrogens with two attached hydrogens (primary N) is 1. The number of nitrogens with one attached hydrogen (secondary N) is 2. The van der Waals surface area contributed by atoms with Crippen LogP contribution in [-0.4, -0.2) is 30.4 Å². The van der Waals surface area contributed by atoms with E-state index in [1.807, 2.05) is 0 Å². The van der Waals surface area contributed by atoms with Crippen LogP contribution in [0.15, 0.2) is 24.3 Å². The average Bonchev–Trinajstić information content (AvgIpc) is 2.56. The summed E-state index contributed by atoms with van der Waals surface area (Å²) in [5.74, 6) is 0.263. The Kier molecular flexibility index (Phi) is 7.41. The van der Waals surface area contributed by atoms with Gasteiger partial charge >= 0.3 is 0 Å². The number of fused-ring (bicyclic) bond motifs is 2. The maximum Gasteiger partial charge on any atom is 0.251 e. The largest absolute Gasteiger partial charge is 0.353 e. The third kappa shape index (κ3) is 5.17. The molecule has 0 aromatic heterocycles. The van der Waals surface area contributed by atoms with Gasteiger partial charge < -0.3 is 16.4 Å². The minimum Gasteiger partial charge on any atom is -0.353 e. The van der Waals surface area contributed by atoms with Crippen LogP contribution >= 0.6 is 12.4 Å². The van der Waals surface area contributed by atoms with Crippen molar-refractivity contribution in [1.29, 1.82) is 0 Å². The smallest absolute Gasteiger partial charge is 0.251 e. The van der Waals surface area contributed by atoms with Gasteiger partial charge in [-0.05, 0) is 61.8 Å². The van der Waals surface area contributed by atoms with Crippen LogP contribution in [0.3, 0.4) is 0 Å². The van der Waals surface area contributed by atoms with Gasteiger partial charge in [-0.3, -0.25) is 9.59 Å². The second kappa shape index (κ2) is 9.33. The van der Waals surface area contributed by atoms with E-state index in [4.69, 9.17) is 5.73 Å². The van der Waals surface area contributed by atoms with Gasteiger partial charge in [0, 0.05) is 30.6 Å². The number of hydrogen-bond acceptors (Lipinski definition) is 3. The molecule has 144 valence electrons. The summed E-state index contributed by atoms with van der Waals surface area (Å²) in [7, 11) is 0. The number of amides is 2. The molecule has 2 atom stereocenters. The zero-order valence-electron chi connectivity index (χ0n) is 14.7. The summed E-state index contributed by atoms with van der Waals surface area (Å²) in [6.07, 6.45) is 5.72. The van der Waals surface area contributed by atoms with Crippen molar-refractivity contribution in [2.75, 3.05) is 6.54 Å².